The van der Waals surface area contributed by atoms with Crippen LogP contribution in [0.25, 0.3) is 48.6 Å². The molecule has 4 aromatic heterocycles. The van der Waals surface area contributed by atoms with E-state index in [9.17, 15) is 0 Å². The highest BCUT2D eigenvalue weighted by Crippen LogP contribution is 2.30. The third kappa shape index (κ3) is 8.83. The number of hydrogen-bond donors (Lipinski definition) is 0. The molecule has 6 aromatic rings. The van der Waals surface area contributed by atoms with Gasteiger partial charge >= 0.3 is 0 Å². The number of benzene rings is 2. The molecule has 0 unspecified atom stereocenters. The van der Waals surface area contributed by atoms with E-state index in [-0.39, 0.29) is 0 Å². The zero-order chi connectivity index (χ0) is 35.9. The number of rotatable bonds is 8. The average molecular weight is 681 g/mol. The molecule has 4 heteroatoms. The predicted molar refractivity (Wildman–Crippen MR) is 214 cm³/mol. The fraction of sp³-hybridized carbons (Fsp3) is 0.167. The lowest BCUT2D eigenvalue weighted by Gasteiger charge is -2.19. The molecule has 256 valence electrons. The Kier molecular flexibility index (Phi) is 10.5. The minimum Gasteiger partial charge on any atom is -0.208 e. The van der Waals surface area contributed by atoms with Crippen molar-refractivity contribution in [1.82, 2.24) is 0 Å². The van der Waals surface area contributed by atoms with Gasteiger partial charge in [-0.15, -0.1) is 0 Å². The third-order valence-electron chi connectivity index (χ3n) is 9.97. The largest absolute Gasteiger partial charge is 0.208 e. The molecular formula is C48H48N4+4. The Morgan fingerprint density at radius 3 is 0.692 bits per heavy atom. The second-order valence-electron chi connectivity index (χ2n) is 14.0. The summed E-state index contributed by atoms with van der Waals surface area (Å²) in [6, 6.07) is 27.1. The minimum atomic E-state index is 0.936. The quantitative estimate of drug-likeness (QED) is 0.148. The summed E-state index contributed by atoms with van der Waals surface area (Å²) in [5.41, 5.74) is 15.5. The van der Waals surface area contributed by atoms with E-state index in [1.54, 1.807) is 0 Å². The first-order valence-electron chi connectivity index (χ1n) is 18.2. The fourth-order valence-electron chi connectivity index (χ4n) is 6.72. The topological polar surface area (TPSA) is 15.5 Å². The molecule has 10 rings (SSSR count). The Labute approximate surface area is 309 Å². The van der Waals surface area contributed by atoms with Crippen LogP contribution in [0, 0.1) is 0 Å². The van der Waals surface area contributed by atoms with Gasteiger partial charge in [0, 0.05) is 48.5 Å². The van der Waals surface area contributed by atoms with Crippen LogP contribution in [0.15, 0.2) is 122 Å². The normalized spacial score (nSPS) is 13.2. The summed E-state index contributed by atoms with van der Waals surface area (Å²) in [6.07, 6.45) is 38.9. The van der Waals surface area contributed by atoms with Crippen LogP contribution in [0.5, 0.6) is 0 Å². The molecule has 4 nitrogen and oxygen atoms in total. The van der Waals surface area contributed by atoms with Gasteiger partial charge in [-0.25, -0.2) is 18.3 Å². The standard InChI is InChI=1S/C48H48N4/c1-49-25-17-37(18-26-49)5-9-41-33-46-15-16-48-36-43(11-7-39-21-29-51(3)30-22-39)47(35-44(48)12-8-40-23-31-52(4)32-24-40)14-13-45(41)34-42(46)10-6-38-19-27-50(2)28-20-38/h5-12,17-36H,13-16H2,1-4H3/q+4/b9-5+,10-6+,11-7+,12-8+. The van der Waals surface area contributed by atoms with Gasteiger partial charge in [-0.05, 0) is 92.4 Å². The number of hydrogen-bond acceptors (Lipinski definition) is 0. The van der Waals surface area contributed by atoms with Gasteiger partial charge in [0.1, 0.15) is 28.2 Å². The average Bonchev–Trinajstić information content (AvgIpc) is 3.15. The monoisotopic (exact) mass is 680 g/mol. The van der Waals surface area contributed by atoms with E-state index < -0.39 is 0 Å². The summed E-state index contributed by atoms with van der Waals surface area (Å²) in [5.74, 6) is 0. The van der Waals surface area contributed by atoms with E-state index in [0.717, 1.165) is 25.7 Å². The Balaban J connectivity index is 1.31. The molecule has 4 heterocycles. The Morgan fingerprint density at radius 1 is 0.308 bits per heavy atom. The molecule has 2 aromatic carbocycles. The minimum absolute atomic E-state index is 0.936. The van der Waals surface area contributed by atoms with Gasteiger partial charge in [0.05, 0.1) is 0 Å². The van der Waals surface area contributed by atoms with Gasteiger partial charge in [0.25, 0.3) is 0 Å². The number of pyridine rings is 4. The molecular weight excluding hydrogens is 633 g/mol. The Morgan fingerprint density at radius 2 is 0.500 bits per heavy atom. The lowest BCUT2D eigenvalue weighted by atomic mass is 9.86. The zero-order valence-electron chi connectivity index (χ0n) is 30.8. The summed E-state index contributed by atoms with van der Waals surface area (Å²) < 4.78 is 8.30. The molecule has 0 atom stereocenters. The molecule has 4 aliphatic rings. The Bertz CT molecular complexity index is 1960. The summed E-state index contributed by atoms with van der Waals surface area (Å²) in [7, 11) is 8.23. The van der Waals surface area contributed by atoms with Crippen LogP contribution in [0.1, 0.15) is 66.8 Å². The van der Waals surface area contributed by atoms with Crippen molar-refractivity contribution < 1.29 is 18.3 Å². The SMILES string of the molecule is C[n+]1ccc(/C=C/c2cc3c(/C=C/c4cc[n+](C)cc4)cc2CCc2cc(/C=C/c4cc[n+](C)cc4)c(cc2/C=C/c2cc[n+](C)cc2)CC3)cc1. The van der Waals surface area contributed by atoms with Crippen molar-refractivity contribution in [2.24, 2.45) is 28.2 Å². The van der Waals surface area contributed by atoms with Gasteiger partial charge in [-0.2, -0.15) is 0 Å². The lowest BCUT2D eigenvalue weighted by Crippen LogP contribution is -2.25. The van der Waals surface area contributed by atoms with E-state index in [4.69, 9.17) is 0 Å². The van der Waals surface area contributed by atoms with E-state index in [2.05, 4.69) is 217 Å². The van der Waals surface area contributed by atoms with Crippen molar-refractivity contribution in [2.45, 2.75) is 25.7 Å². The predicted octanol–water partition coefficient (Wildman–Crippen LogP) is 7.55. The van der Waals surface area contributed by atoms with Gasteiger partial charge in [-0.1, -0.05) is 72.9 Å². The fourth-order valence-corrected chi connectivity index (χ4v) is 6.72. The van der Waals surface area contributed by atoms with Crippen LogP contribution in [-0.4, -0.2) is 0 Å². The number of nitrogens with zero attached hydrogens (tertiary/aromatic N) is 4. The molecule has 4 aliphatic carbocycles. The molecule has 4 bridgehead atoms. The van der Waals surface area contributed by atoms with Crippen molar-refractivity contribution in [3.63, 3.8) is 0 Å². The van der Waals surface area contributed by atoms with Gasteiger partial charge in [0.15, 0.2) is 49.6 Å². The molecule has 0 radical (unpaired) electrons. The van der Waals surface area contributed by atoms with Crippen LogP contribution in [-0.2, 0) is 53.9 Å². The van der Waals surface area contributed by atoms with Gasteiger partial charge in [-0.3, -0.25) is 0 Å². The maximum Gasteiger partial charge on any atom is 0.169 e. The molecule has 0 fully saturated rings. The number of aryl methyl sites for hydroxylation is 8. The lowest BCUT2D eigenvalue weighted by molar-refractivity contribution is -0.671. The van der Waals surface area contributed by atoms with E-state index in [1.807, 2.05) is 0 Å². The van der Waals surface area contributed by atoms with Crippen molar-refractivity contribution in [3.8, 4) is 0 Å². The summed E-state index contributed by atoms with van der Waals surface area (Å²) in [5, 5.41) is 0. The van der Waals surface area contributed by atoms with E-state index in [1.165, 1.54) is 66.8 Å². The van der Waals surface area contributed by atoms with Crippen LogP contribution in [0.2, 0.25) is 0 Å². The highest BCUT2D eigenvalue weighted by atomic mass is 14.9. The maximum atomic E-state index is 2.45. The smallest absolute Gasteiger partial charge is 0.169 e. The molecule has 0 saturated carbocycles. The second-order valence-corrected chi connectivity index (χ2v) is 14.0. The van der Waals surface area contributed by atoms with Crippen LogP contribution >= 0.6 is 0 Å². The van der Waals surface area contributed by atoms with Crippen LogP contribution < -0.4 is 18.3 Å². The molecule has 52 heavy (non-hydrogen) atoms. The molecule has 0 amide bonds. The molecule has 0 saturated heterocycles. The van der Waals surface area contributed by atoms with Crippen molar-refractivity contribution in [2.75, 3.05) is 0 Å². The second kappa shape index (κ2) is 15.9. The highest BCUT2D eigenvalue weighted by Gasteiger charge is 2.15. The Hall–Kier alpha value is -6.00. The number of aromatic nitrogens is 4. The maximum absolute atomic E-state index is 2.45. The van der Waals surface area contributed by atoms with E-state index >= 15 is 0 Å². The summed E-state index contributed by atoms with van der Waals surface area (Å²) in [6.45, 7) is 0. The van der Waals surface area contributed by atoms with E-state index in [0.29, 0.717) is 0 Å². The van der Waals surface area contributed by atoms with Crippen molar-refractivity contribution in [3.05, 3.63) is 189 Å². The first-order chi connectivity index (χ1) is 25.3. The summed E-state index contributed by atoms with van der Waals surface area (Å²) in [4.78, 5) is 0. The molecule has 0 spiro atoms. The summed E-state index contributed by atoms with van der Waals surface area (Å²) >= 11 is 0. The van der Waals surface area contributed by atoms with Crippen LogP contribution in [0.4, 0.5) is 0 Å². The molecule has 0 N–H and O–H groups in total. The first-order valence-corrected chi connectivity index (χ1v) is 18.2. The zero-order valence-corrected chi connectivity index (χ0v) is 30.8. The third-order valence-corrected chi connectivity index (χ3v) is 9.97. The van der Waals surface area contributed by atoms with Gasteiger partial charge < -0.3 is 0 Å². The van der Waals surface area contributed by atoms with Crippen LogP contribution in [0.3, 0.4) is 0 Å². The molecule has 0 aliphatic heterocycles. The first kappa shape index (κ1) is 34.4. The van der Waals surface area contributed by atoms with Crippen molar-refractivity contribution in [1.29, 1.82) is 0 Å². The van der Waals surface area contributed by atoms with Gasteiger partial charge in [0.2, 0.25) is 0 Å². The van der Waals surface area contributed by atoms with Crippen molar-refractivity contribution >= 4 is 48.6 Å². The highest BCUT2D eigenvalue weighted by molar-refractivity contribution is 5.78.